The molecule has 1 N–H and O–H groups in total. The lowest BCUT2D eigenvalue weighted by Crippen LogP contribution is -2.45. The first-order chi connectivity index (χ1) is 10.3. The molecule has 0 aliphatic carbocycles. The first-order valence-corrected chi connectivity index (χ1v) is 7.88. The van der Waals surface area contributed by atoms with Gasteiger partial charge in [0.2, 0.25) is 5.91 Å². The molecule has 0 aromatic heterocycles. The SMILES string of the molecule is CC[C@H]1CN(C(=O)CCCN2C(=O)NC(C)(C)C2=O)CCO1. The average Bonchev–Trinajstić information content (AvgIpc) is 2.68. The van der Waals surface area contributed by atoms with Gasteiger partial charge in [0.25, 0.3) is 5.91 Å². The number of hydrogen-bond acceptors (Lipinski definition) is 4. The molecule has 1 atom stereocenters. The summed E-state index contributed by atoms with van der Waals surface area (Å²) in [5, 5.41) is 2.63. The van der Waals surface area contributed by atoms with E-state index in [2.05, 4.69) is 5.32 Å². The Morgan fingerprint density at radius 3 is 2.73 bits per heavy atom. The lowest BCUT2D eigenvalue weighted by molar-refractivity contribution is -0.139. The molecule has 2 fully saturated rings. The van der Waals surface area contributed by atoms with Crippen LogP contribution in [0.25, 0.3) is 0 Å². The number of nitrogens with one attached hydrogen (secondary N) is 1. The monoisotopic (exact) mass is 311 g/mol. The van der Waals surface area contributed by atoms with Crippen molar-refractivity contribution in [3.05, 3.63) is 0 Å². The molecule has 0 radical (unpaired) electrons. The number of ether oxygens (including phenoxy) is 1. The standard InChI is InChI=1S/C15H25N3O4/c1-4-11-10-17(8-9-22-11)12(19)6-5-7-18-13(20)15(2,3)16-14(18)21/h11H,4-10H2,1-3H3,(H,16,21)/t11-/m0/s1. The van der Waals surface area contributed by atoms with Crippen LogP contribution in [0.5, 0.6) is 0 Å². The summed E-state index contributed by atoms with van der Waals surface area (Å²) in [6, 6.07) is -0.375. The minimum absolute atomic E-state index is 0.0630. The quantitative estimate of drug-likeness (QED) is 0.759. The van der Waals surface area contributed by atoms with Crippen molar-refractivity contribution in [3.63, 3.8) is 0 Å². The van der Waals surface area contributed by atoms with Gasteiger partial charge >= 0.3 is 6.03 Å². The third-order valence-corrected chi connectivity index (χ3v) is 4.16. The zero-order chi connectivity index (χ0) is 16.3. The highest BCUT2D eigenvalue weighted by atomic mass is 16.5. The van der Waals surface area contributed by atoms with Crippen LogP contribution in [0.2, 0.25) is 0 Å². The minimum atomic E-state index is -0.848. The van der Waals surface area contributed by atoms with E-state index < -0.39 is 5.54 Å². The zero-order valence-electron chi connectivity index (χ0n) is 13.6. The molecule has 2 aliphatic heterocycles. The molecule has 2 saturated heterocycles. The number of urea groups is 1. The Hall–Kier alpha value is -1.63. The van der Waals surface area contributed by atoms with Gasteiger partial charge in [0.05, 0.1) is 12.7 Å². The first kappa shape index (κ1) is 16.7. The molecular weight excluding hydrogens is 286 g/mol. The number of carbonyl (C=O) groups excluding carboxylic acids is 3. The fourth-order valence-electron chi connectivity index (χ4n) is 2.76. The first-order valence-electron chi connectivity index (χ1n) is 7.88. The van der Waals surface area contributed by atoms with Gasteiger partial charge in [-0.1, -0.05) is 6.92 Å². The van der Waals surface area contributed by atoms with Gasteiger partial charge in [-0.2, -0.15) is 0 Å². The number of morpholine rings is 1. The second-order valence-electron chi connectivity index (χ2n) is 6.36. The van der Waals surface area contributed by atoms with Crippen LogP contribution in [-0.2, 0) is 14.3 Å². The van der Waals surface area contributed by atoms with Gasteiger partial charge in [-0.25, -0.2) is 4.79 Å². The molecular formula is C15H25N3O4. The summed E-state index contributed by atoms with van der Waals surface area (Å²) in [4.78, 5) is 39.0. The van der Waals surface area contributed by atoms with E-state index in [1.165, 1.54) is 4.90 Å². The van der Waals surface area contributed by atoms with E-state index in [0.29, 0.717) is 32.5 Å². The maximum atomic E-state index is 12.2. The maximum Gasteiger partial charge on any atom is 0.325 e. The van der Waals surface area contributed by atoms with Crippen molar-refractivity contribution in [3.8, 4) is 0 Å². The topological polar surface area (TPSA) is 79.0 Å². The number of nitrogens with zero attached hydrogens (tertiary/aromatic N) is 2. The van der Waals surface area contributed by atoms with Gasteiger partial charge in [-0.05, 0) is 26.7 Å². The van der Waals surface area contributed by atoms with Crippen molar-refractivity contribution in [1.29, 1.82) is 0 Å². The number of imide groups is 1. The molecule has 2 aliphatic rings. The Kier molecular flexibility index (Phi) is 5.05. The molecule has 0 aromatic rings. The fraction of sp³-hybridized carbons (Fsp3) is 0.800. The maximum absolute atomic E-state index is 12.2. The van der Waals surface area contributed by atoms with E-state index in [0.717, 1.165) is 6.42 Å². The molecule has 0 saturated carbocycles. The number of hydrogen-bond donors (Lipinski definition) is 1. The van der Waals surface area contributed by atoms with Crippen molar-refractivity contribution in [1.82, 2.24) is 15.1 Å². The highest BCUT2D eigenvalue weighted by molar-refractivity contribution is 6.06. The van der Waals surface area contributed by atoms with Crippen LogP contribution in [0, 0.1) is 0 Å². The Bertz CT molecular complexity index is 464. The molecule has 2 rings (SSSR count). The normalized spacial score (nSPS) is 24.6. The van der Waals surface area contributed by atoms with E-state index in [1.807, 2.05) is 11.8 Å². The molecule has 7 heteroatoms. The predicted molar refractivity (Wildman–Crippen MR) is 80.2 cm³/mol. The van der Waals surface area contributed by atoms with Gasteiger partial charge in [0, 0.05) is 26.1 Å². The van der Waals surface area contributed by atoms with Crippen LogP contribution in [-0.4, -0.2) is 65.5 Å². The molecule has 2 heterocycles. The van der Waals surface area contributed by atoms with E-state index in [4.69, 9.17) is 4.74 Å². The highest BCUT2D eigenvalue weighted by Crippen LogP contribution is 2.17. The Morgan fingerprint density at radius 2 is 2.14 bits per heavy atom. The van der Waals surface area contributed by atoms with Gasteiger partial charge in [-0.3, -0.25) is 14.5 Å². The molecule has 7 nitrogen and oxygen atoms in total. The molecule has 0 spiro atoms. The summed E-state index contributed by atoms with van der Waals surface area (Å²) in [5.41, 5.74) is -0.848. The van der Waals surface area contributed by atoms with E-state index in [-0.39, 0.29) is 30.5 Å². The summed E-state index contributed by atoms with van der Waals surface area (Å²) in [5.74, 6) is -0.171. The largest absolute Gasteiger partial charge is 0.375 e. The molecule has 124 valence electrons. The summed E-state index contributed by atoms with van der Waals surface area (Å²) in [6.07, 6.45) is 1.83. The Balaban J connectivity index is 1.78. The Labute approximate surface area is 131 Å². The van der Waals surface area contributed by atoms with Crippen LogP contribution < -0.4 is 5.32 Å². The molecule has 4 amide bonds. The average molecular weight is 311 g/mol. The second kappa shape index (κ2) is 6.64. The van der Waals surface area contributed by atoms with Crippen LogP contribution in [0.1, 0.15) is 40.0 Å². The van der Waals surface area contributed by atoms with Crippen LogP contribution in [0.3, 0.4) is 0 Å². The van der Waals surface area contributed by atoms with Crippen molar-refractivity contribution < 1.29 is 19.1 Å². The summed E-state index contributed by atoms with van der Waals surface area (Å²) in [6.45, 7) is 7.50. The van der Waals surface area contributed by atoms with Gasteiger partial charge in [0.15, 0.2) is 0 Å². The van der Waals surface area contributed by atoms with E-state index >= 15 is 0 Å². The molecule has 0 bridgehead atoms. The third kappa shape index (κ3) is 3.58. The second-order valence-corrected chi connectivity index (χ2v) is 6.36. The highest BCUT2D eigenvalue weighted by Gasteiger charge is 2.43. The molecule has 0 aromatic carbocycles. The van der Waals surface area contributed by atoms with E-state index in [9.17, 15) is 14.4 Å². The third-order valence-electron chi connectivity index (χ3n) is 4.16. The lowest BCUT2D eigenvalue weighted by Gasteiger charge is -2.32. The smallest absolute Gasteiger partial charge is 0.325 e. The fourth-order valence-corrected chi connectivity index (χ4v) is 2.76. The molecule has 0 unspecified atom stereocenters. The summed E-state index contributed by atoms with van der Waals surface area (Å²) in [7, 11) is 0. The zero-order valence-corrected chi connectivity index (χ0v) is 13.6. The van der Waals surface area contributed by atoms with Crippen LogP contribution in [0.15, 0.2) is 0 Å². The number of carbonyl (C=O) groups is 3. The van der Waals surface area contributed by atoms with Gasteiger partial charge in [-0.15, -0.1) is 0 Å². The number of rotatable bonds is 5. The van der Waals surface area contributed by atoms with Gasteiger partial charge in [0.1, 0.15) is 5.54 Å². The summed E-state index contributed by atoms with van der Waals surface area (Å²) >= 11 is 0. The summed E-state index contributed by atoms with van der Waals surface area (Å²) < 4.78 is 5.54. The predicted octanol–water partition coefficient (Wildman–Crippen LogP) is 0.734. The van der Waals surface area contributed by atoms with Crippen molar-refractivity contribution >= 4 is 17.8 Å². The van der Waals surface area contributed by atoms with Crippen molar-refractivity contribution in [2.75, 3.05) is 26.2 Å². The Morgan fingerprint density at radius 1 is 1.41 bits per heavy atom. The van der Waals surface area contributed by atoms with E-state index in [1.54, 1.807) is 13.8 Å². The van der Waals surface area contributed by atoms with Crippen molar-refractivity contribution in [2.24, 2.45) is 0 Å². The lowest BCUT2D eigenvalue weighted by atomic mass is 10.1. The van der Waals surface area contributed by atoms with Crippen molar-refractivity contribution in [2.45, 2.75) is 51.7 Å². The van der Waals surface area contributed by atoms with Gasteiger partial charge < -0.3 is 15.0 Å². The molecule has 22 heavy (non-hydrogen) atoms. The number of amides is 4. The van der Waals surface area contributed by atoms with Crippen LogP contribution in [0.4, 0.5) is 4.79 Å². The van der Waals surface area contributed by atoms with Crippen LogP contribution >= 0.6 is 0 Å². The minimum Gasteiger partial charge on any atom is -0.375 e.